The Labute approximate surface area is 113 Å². The molecule has 7 heteroatoms. The van der Waals surface area contributed by atoms with Crippen molar-refractivity contribution in [1.29, 1.82) is 0 Å². The molecule has 0 aliphatic rings. The predicted molar refractivity (Wildman–Crippen MR) is 76.6 cm³/mol. The highest BCUT2D eigenvalue weighted by Crippen LogP contribution is 2.18. The minimum atomic E-state index is -3.01. The van der Waals surface area contributed by atoms with E-state index >= 15 is 0 Å². The van der Waals surface area contributed by atoms with Gasteiger partial charge in [-0.05, 0) is 12.1 Å². The molecule has 19 heavy (non-hydrogen) atoms. The van der Waals surface area contributed by atoms with Crippen molar-refractivity contribution in [1.82, 2.24) is 0 Å². The summed E-state index contributed by atoms with van der Waals surface area (Å²) in [7, 11) is -1.24. The molecular formula is C12H19N3O3S. The van der Waals surface area contributed by atoms with Crippen LogP contribution in [0.1, 0.15) is 12.5 Å². The Morgan fingerprint density at radius 3 is 2.63 bits per heavy atom. The number of rotatable bonds is 6. The van der Waals surface area contributed by atoms with Gasteiger partial charge < -0.3 is 15.8 Å². The number of para-hydroxylation sites is 1. The molecule has 0 saturated carbocycles. The number of benzene rings is 1. The van der Waals surface area contributed by atoms with Crippen molar-refractivity contribution in [3.8, 4) is 0 Å². The second-order valence-electron chi connectivity index (χ2n) is 4.16. The van der Waals surface area contributed by atoms with E-state index in [1.54, 1.807) is 37.1 Å². The molecule has 0 aromatic heterocycles. The number of amidine groups is 1. The predicted octanol–water partition coefficient (Wildman–Crippen LogP) is 0.652. The van der Waals surface area contributed by atoms with Gasteiger partial charge in [0.2, 0.25) is 0 Å². The Balaban J connectivity index is 2.92. The highest BCUT2D eigenvalue weighted by Gasteiger charge is 2.13. The van der Waals surface area contributed by atoms with Gasteiger partial charge in [0, 0.05) is 30.6 Å². The Kier molecular flexibility index (Phi) is 5.17. The van der Waals surface area contributed by atoms with Gasteiger partial charge in [0.25, 0.3) is 0 Å². The number of hydrogen-bond acceptors (Lipinski definition) is 5. The van der Waals surface area contributed by atoms with E-state index in [9.17, 15) is 8.42 Å². The maximum Gasteiger partial charge on any atom is 0.172 e. The van der Waals surface area contributed by atoms with Crippen LogP contribution in [-0.4, -0.2) is 44.6 Å². The second kappa shape index (κ2) is 6.42. The molecule has 0 atom stereocenters. The van der Waals surface area contributed by atoms with E-state index in [-0.39, 0.29) is 17.3 Å². The maximum absolute atomic E-state index is 11.5. The van der Waals surface area contributed by atoms with Crippen LogP contribution in [0, 0.1) is 0 Å². The van der Waals surface area contributed by atoms with Crippen molar-refractivity contribution in [3.05, 3.63) is 29.8 Å². The molecule has 1 aromatic carbocycles. The average Bonchev–Trinajstić information content (AvgIpc) is 2.44. The van der Waals surface area contributed by atoms with Gasteiger partial charge in [0.1, 0.15) is 0 Å². The van der Waals surface area contributed by atoms with Crippen LogP contribution >= 0.6 is 0 Å². The summed E-state index contributed by atoms with van der Waals surface area (Å²) < 4.78 is 23.0. The first-order valence-electron chi connectivity index (χ1n) is 5.89. The van der Waals surface area contributed by atoms with Crippen molar-refractivity contribution in [2.24, 2.45) is 10.9 Å². The minimum absolute atomic E-state index is 0.000740. The molecule has 0 saturated heterocycles. The number of hydrogen-bond donors (Lipinski definition) is 2. The summed E-state index contributed by atoms with van der Waals surface area (Å²) in [5.74, 6) is 0.202. The summed E-state index contributed by atoms with van der Waals surface area (Å²) in [6.45, 7) is 1.98. The van der Waals surface area contributed by atoms with Crippen LogP contribution in [0.4, 0.5) is 5.69 Å². The highest BCUT2D eigenvalue weighted by atomic mass is 32.2. The van der Waals surface area contributed by atoms with Crippen molar-refractivity contribution < 1.29 is 13.6 Å². The van der Waals surface area contributed by atoms with E-state index in [1.807, 2.05) is 6.07 Å². The summed E-state index contributed by atoms with van der Waals surface area (Å²) in [5.41, 5.74) is 6.89. The lowest BCUT2D eigenvalue weighted by molar-refractivity contribution is 0.318. The SMILES string of the molecule is CCS(=O)(=O)CCN(C)c1ccccc1C(N)=NO. The summed E-state index contributed by atoms with van der Waals surface area (Å²) in [6, 6.07) is 7.10. The van der Waals surface area contributed by atoms with Gasteiger partial charge in [-0.1, -0.05) is 24.2 Å². The number of sulfone groups is 1. The molecule has 0 amide bonds. The van der Waals surface area contributed by atoms with Gasteiger partial charge in [0.15, 0.2) is 15.7 Å². The number of nitrogens with zero attached hydrogens (tertiary/aromatic N) is 2. The van der Waals surface area contributed by atoms with E-state index in [2.05, 4.69) is 5.16 Å². The van der Waals surface area contributed by atoms with E-state index in [4.69, 9.17) is 10.9 Å². The molecule has 1 rings (SSSR count). The topological polar surface area (TPSA) is 96.0 Å². The molecule has 0 aliphatic heterocycles. The third kappa shape index (κ3) is 4.13. The number of nitrogens with two attached hydrogens (primary N) is 1. The van der Waals surface area contributed by atoms with Crippen LogP contribution in [-0.2, 0) is 9.84 Å². The van der Waals surface area contributed by atoms with Crippen molar-refractivity contribution in [3.63, 3.8) is 0 Å². The fourth-order valence-electron chi connectivity index (χ4n) is 1.62. The van der Waals surface area contributed by atoms with Gasteiger partial charge in [-0.15, -0.1) is 0 Å². The molecule has 0 unspecified atom stereocenters. The maximum atomic E-state index is 11.5. The standard InChI is InChI=1S/C12H19N3O3S/c1-3-19(17,18)9-8-15(2)11-7-5-4-6-10(11)12(13)14-16/h4-7,16H,3,8-9H2,1-2H3,(H2,13,14). The van der Waals surface area contributed by atoms with Crippen LogP contribution in [0.15, 0.2) is 29.4 Å². The summed E-state index contributed by atoms with van der Waals surface area (Å²) in [5, 5.41) is 11.7. The third-order valence-electron chi connectivity index (χ3n) is 2.88. The van der Waals surface area contributed by atoms with Crippen molar-refractivity contribution in [2.75, 3.05) is 30.0 Å². The smallest absolute Gasteiger partial charge is 0.172 e. The molecule has 1 aromatic rings. The van der Waals surface area contributed by atoms with E-state index in [0.717, 1.165) is 5.69 Å². The normalized spacial score (nSPS) is 12.4. The van der Waals surface area contributed by atoms with Crippen LogP contribution in [0.2, 0.25) is 0 Å². The Morgan fingerprint density at radius 1 is 1.42 bits per heavy atom. The molecule has 0 fully saturated rings. The summed E-state index contributed by atoms with van der Waals surface area (Å²) >= 11 is 0. The Bertz CT molecular complexity index is 555. The summed E-state index contributed by atoms with van der Waals surface area (Å²) in [4.78, 5) is 1.78. The zero-order valence-electron chi connectivity index (χ0n) is 11.1. The fourth-order valence-corrected chi connectivity index (χ4v) is 2.46. The van der Waals surface area contributed by atoms with Gasteiger partial charge >= 0.3 is 0 Å². The molecule has 0 spiro atoms. The van der Waals surface area contributed by atoms with Crippen LogP contribution < -0.4 is 10.6 Å². The Hall–Kier alpha value is -1.76. The first-order valence-corrected chi connectivity index (χ1v) is 7.72. The third-order valence-corrected chi connectivity index (χ3v) is 4.56. The van der Waals surface area contributed by atoms with Gasteiger partial charge in [-0.3, -0.25) is 0 Å². The molecule has 106 valence electrons. The van der Waals surface area contributed by atoms with Crippen LogP contribution in [0.3, 0.4) is 0 Å². The van der Waals surface area contributed by atoms with Gasteiger partial charge in [0.05, 0.1) is 5.75 Å². The quantitative estimate of drug-likeness (QED) is 0.346. The molecular weight excluding hydrogens is 266 g/mol. The number of anilines is 1. The minimum Gasteiger partial charge on any atom is -0.409 e. The Morgan fingerprint density at radius 2 is 2.05 bits per heavy atom. The summed E-state index contributed by atoms with van der Waals surface area (Å²) in [6.07, 6.45) is 0. The van der Waals surface area contributed by atoms with Crippen LogP contribution in [0.25, 0.3) is 0 Å². The lowest BCUT2D eigenvalue weighted by Crippen LogP contribution is -2.28. The first-order chi connectivity index (χ1) is 8.91. The zero-order valence-corrected chi connectivity index (χ0v) is 11.9. The molecule has 0 bridgehead atoms. The van der Waals surface area contributed by atoms with Crippen molar-refractivity contribution >= 4 is 21.4 Å². The average molecular weight is 285 g/mol. The molecule has 0 radical (unpaired) electrons. The lowest BCUT2D eigenvalue weighted by Gasteiger charge is -2.21. The van der Waals surface area contributed by atoms with E-state index in [1.165, 1.54) is 0 Å². The fraction of sp³-hybridized carbons (Fsp3) is 0.417. The monoisotopic (exact) mass is 285 g/mol. The van der Waals surface area contributed by atoms with Crippen molar-refractivity contribution in [2.45, 2.75) is 6.92 Å². The highest BCUT2D eigenvalue weighted by molar-refractivity contribution is 7.91. The van der Waals surface area contributed by atoms with Gasteiger partial charge in [-0.2, -0.15) is 0 Å². The van der Waals surface area contributed by atoms with Crippen LogP contribution in [0.5, 0.6) is 0 Å². The lowest BCUT2D eigenvalue weighted by atomic mass is 10.1. The molecule has 3 N–H and O–H groups in total. The molecule has 0 aliphatic carbocycles. The van der Waals surface area contributed by atoms with E-state index in [0.29, 0.717) is 12.1 Å². The van der Waals surface area contributed by atoms with E-state index < -0.39 is 9.84 Å². The van der Waals surface area contributed by atoms with Gasteiger partial charge in [-0.25, -0.2) is 8.42 Å². The second-order valence-corrected chi connectivity index (χ2v) is 6.63. The molecule has 6 nitrogen and oxygen atoms in total. The largest absolute Gasteiger partial charge is 0.409 e. The molecule has 0 heterocycles. The zero-order chi connectivity index (χ0) is 14.5. The number of oxime groups is 1. The first kappa shape index (κ1) is 15.3.